The van der Waals surface area contributed by atoms with Crippen molar-refractivity contribution >= 4 is 11.1 Å². The maximum absolute atomic E-state index is 8.99. The number of hydrogen-bond acceptors (Lipinski definition) is 3. The summed E-state index contributed by atoms with van der Waals surface area (Å²) in [6.45, 7) is 5.70. The number of rotatable bonds is 2. The van der Waals surface area contributed by atoms with Crippen LogP contribution >= 0.6 is 0 Å². The number of aromatic nitrogens is 1. The van der Waals surface area contributed by atoms with Crippen molar-refractivity contribution in [3.8, 4) is 6.07 Å². The second-order valence-corrected chi connectivity index (χ2v) is 4.71. The molecule has 0 amide bonds. The van der Waals surface area contributed by atoms with Gasteiger partial charge in [-0.15, -0.1) is 0 Å². The van der Waals surface area contributed by atoms with Crippen molar-refractivity contribution in [2.24, 2.45) is 5.41 Å². The Balaban J connectivity index is 2.37. The fourth-order valence-corrected chi connectivity index (χ4v) is 1.75. The zero-order valence-corrected chi connectivity index (χ0v) is 9.74. The van der Waals surface area contributed by atoms with Gasteiger partial charge in [0.15, 0.2) is 11.5 Å². The summed E-state index contributed by atoms with van der Waals surface area (Å²) in [7, 11) is 0. The van der Waals surface area contributed by atoms with Crippen LogP contribution < -0.4 is 0 Å². The molecule has 0 spiro atoms. The Bertz CT molecular complexity index is 561. The predicted octanol–water partition coefficient (Wildman–Crippen LogP) is 3.23. The van der Waals surface area contributed by atoms with E-state index in [1.54, 1.807) is 0 Å². The molecule has 0 unspecified atom stereocenters. The molecule has 0 aliphatic carbocycles. The predicted molar refractivity (Wildman–Crippen MR) is 61.8 cm³/mol. The summed E-state index contributed by atoms with van der Waals surface area (Å²) in [5, 5.41) is 8.99. The van der Waals surface area contributed by atoms with E-state index in [2.05, 4.69) is 11.1 Å². The number of benzene rings is 1. The highest BCUT2D eigenvalue weighted by Gasteiger charge is 2.17. The standard InChI is InChI=1S/C13H14N2O/c1-9-15-11-6-10(4-5-12(11)16-9)7-13(2,3)8-14/h4-6H,7H2,1-3H3. The quantitative estimate of drug-likeness (QED) is 0.771. The molecule has 0 fully saturated rings. The smallest absolute Gasteiger partial charge is 0.192 e. The van der Waals surface area contributed by atoms with Crippen molar-refractivity contribution in [2.45, 2.75) is 27.2 Å². The zero-order valence-electron chi connectivity index (χ0n) is 9.74. The number of oxazole rings is 1. The monoisotopic (exact) mass is 214 g/mol. The van der Waals surface area contributed by atoms with E-state index in [1.807, 2.05) is 39.0 Å². The van der Waals surface area contributed by atoms with E-state index in [-0.39, 0.29) is 5.41 Å². The van der Waals surface area contributed by atoms with Crippen molar-refractivity contribution < 1.29 is 4.42 Å². The molecule has 82 valence electrons. The summed E-state index contributed by atoms with van der Waals surface area (Å²) < 4.78 is 5.40. The van der Waals surface area contributed by atoms with E-state index >= 15 is 0 Å². The Morgan fingerprint density at radius 2 is 2.19 bits per heavy atom. The summed E-state index contributed by atoms with van der Waals surface area (Å²) >= 11 is 0. The molecule has 0 atom stereocenters. The van der Waals surface area contributed by atoms with Crippen LogP contribution in [0.15, 0.2) is 22.6 Å². The maximum Gasteiger partial charge on any atom is 0.192 e. The highest BCUT2D eigenvalue weighted by Crippen LogP contribution is 2.23. The van der Waals surface area contributed by atoms with E-state index < -0.39 is 0 Å². The van der Waals surface area contributed by atoms with Crippen LogP contribution in [0.4, 0.5) is 0 Å². The minimum absolute atomic E-state index is 0.341. The van der Waals surface area contributed by atoms with Crippen LogP contribution in [0, 0.1) is 23.7 Å². The molecule has 0 saturated heterocycles. The van der Waals surface area contributed by atoms with Crippen molar-refractivity contribution in [1.29, 1.82) is 5.26 Å². The van der Waals surface area contributed by atoms with Crippen molar-refractivity contribution in [3.63, 3.8) is 0 Å². The molecule has 0 aliphatic heterocycles. The largest absolute Gasteiger partial charge is 0.441 e. The number of nitriles is 1. The molecule has 0 N–H and O–H groups in total. The van der Waals surface area contributed by atoms with Gasteiger partial charge in [0.2, 0.25) is 0 Å². The topological polar surface area (TPSA) is 49.8 Å². The third-order valence-electron chi connectivity index (χ3n) is 2.51. The third kappa shape index (κ3) is 2.06. The molecule has 0 aliphatic rings. The molecule has 1 aromatic carbocycles. The van der Waals surface area contributed by atoms with Crippen LogP contribution in [-0.4, -0.2) is 4.98 Å². The lowest BCUT2D eigenvalue weighted by molar-refractivity contribution is 0.493. The van der Waals surface area contributed by atoms with Crippen LogP contribution in [0.5, 0.6) is 0 Å². The Kier molecular flexibility index (Phi) is 2.43. The van der Waals surface area contributed by atoms with E-state index in [0.29, 0.717) is 5.89 Å². The highest BCUT2D eigenvalue weighted by atomic mass is 16.3. The van der Waals surface area contributed by atoms with Gasteiger partial charge in [-0.3, -0.25) is 0 Å². The second kappa shape index (κ2) is 3.64. The van der Waals surface area contributed by atoms with Gasteiger partial charge in [-0.25, -0.2) is 4.98 Å². The zero-order chi connectivity index (χ0) is 11.8. The number of hydrogen-bond donors (Lipinski definition) is 0. The number of fused-ring (bicyclic) bond motifs is 1. The Labute approximate surface area is 94.7 Å². The highest BCUT2D eigenvalue weighted by molar-refractivity contribution is 5.73. The summed E-state index contributed by atoms with van der Waals surface area (Å²) in [5.74, 6) is 0.673. The van der Waals surface area contributed by atoms with Crippen LogP contribution in [0.3, 0.4) is 0 Å². The lowest BCUT2D eigenvalue weighted by atomic mass is 9.87. The van der Waals surface area contributed by atoms with Crippen molar-refractivity contribution in [1.82, 2.24) is 4.98 Å². The lowest BCUT2D eigenvalue weighted by Crippen LogP contribution is -2.11. The SMILES string of the molecule is Cc1nc2cc(CC(C)(C)C#N)ccc2o1. The first-order valence-electron chi connectivity index (χ1n) is 5.27. The number of aryl methyl sites for hydroxylation is 1. The normalized spacial score (nSPS) is 11.6. The molecule has 0 bridgehead atoms. The fourth-order valence-electron chi connectivity index (χ4n) is 1.75. The van der Waals surface area contributed by atoms with Gasteiger partial charge < -0.3 is 4.42 Å². The Hall–Kier alpha value is -1.82. The van der Waals surface area contributed by atoms with Gasteiger partial charge in [0.05, 0.1) is 11.5 Å². The first-order chi connectivity index (χ1) is 7.50. The molecule has 16 heavy (non-hydrogen) atoms. The molecule has 2 rings (SSSR count). The first-order valence-corrected chi connectivity index (χ1v) is 5.27. The third-order valence-corrected chi connectivity index (χ3v) is 2.51. The summed E-state index contributed by atoms with van der Waals surface area (Å²) in [6.07, 6.45) is 0.728. The Morgan fingerprint density at radius 3 is 2.88 bits per heavy atom. The van der Waals surface area contributed by atoms with Crippen LogP contribution in [-0.2, 0) is 6.42 Å². The van der Waals surface area contributed by atoms with Gasteiger partial charge in [0.25, 0.3) is 0 Å². The molecule has 1 aromatic heterocycles. The average molecular weight is 214 g/mol. The van der Waals surface area contributed by atoms with Crippen molar-refractivity contribution in [2.75, 3.05) is 0 Å². The molecular formula is C13H14N2O. The van der Waals surface area contributed by atoms with Crippen molar-refractivity contribution in [3.05, 3.63) is 29.7 Å². The minimum atomic E-state index is -0.341. The Morgan fingerprint density at radius 1 is 1.44 bits per heavy atom. The average Bonchev–Trinajstić information content (AvgIpc) is 2.57. The van der Waals surface area contributed by atoms with E-state index in [4.69, 9.17) is 9.68 Å². The summed E-state index contributed by atoms with van der Waals surface area (Å²) in [6, 6.07) is 8.20. The van der Waals surface area contributed by atoms with Crippen LogP contribution in [0.1, 0.15) is 25.3 Å². The molecule has 0 saturated carbocycles. The van der Waals surface area contributed by atoms with Gasteiger partial charge in [-0.2, -0.15) is 5.26 Å². The van der Waals surface area contributed by atoms with Gasteiger partial charge >= 0.3 is 0 Å². The minimum Gasteiger partial charge on any atom is -0.441 e. The number of nitrogens with zero attached hydrogens (tertiary/aromatic N) is 2. The second-order valence-electron chi connectivity index (χ2n) is 4.71. The lowest BCUT2D eigenvalue weighted by Gasteiger charge is -2.14. The molecule has 1 heterocycles. The first kappa shape index (κ1) is 10.7. The summed E-state index contributed by atoms with van der Waals surface area (Å²) in [4.78, 5) is 4.28. The van der Waals surface area contributed by atoms with E-state index in [0.717, 1.165) is 23.1 Å². The van der Waals surface area contributed by atoms with Gasteiger partial charge in [0.1, 0.15) is 5.52 Å². The van der Waals surface area contributed by atoms with Gasteiger partial charge in [0, 0.05) is 6.92 Å². The van der Waals surface area contributed by atoms with E-state index in [9.17, 15) is 0 Å². The fraction of sp³-hybridized carbons (Fsp3) is 0.385. The maximum atomic E-state index is 8.99. The van der Waals surface area contributed by atoms with Crippen LogP contribution in [0.2, 0.25) is 0 Å². The van der Waals surface area contributed by atoms with Gasteiger partial charge in [-0.1, -0.05) is 6.07 Å². The molecule has 2 aromatic rings. The molecule has 3 heteroatoms. The van der Waals surface area contributed by atoms with Gasteiger partial charge in [-0.05, 0) is 38.0 Å². The molecule has 0 radical (unpaired) electrons. The summed E-state index contributed by atoms with van der Waals surface area (Å²) in [5.41, 5.74) is 2.44. The van der Waals surface area contributed by atoms with Crippen LogP contribution in [0.25, 0.3) is 11.1 Å². The van der Waals surface area contributed by atoms with E-state index in [1.165, 1.54) is 0 Å². The molecular weight excluding hydrogens is 200 g/mol. The molecule has 3 nitrogen and oxygen atoms in total.